The summed E-state index contributed by atoms with van der Waals surface area (Å²) in [5.74, 6) is -2.11. The summed E-state index contributed by atoms with van der Waals surface area (Å²) in [6.07, 6.45) is 25.5. The maximum atomic E-state index is 12.7. The molecule has 0 radical (unpaired) electrons. The van der Waals surface area contributed by atoms with E-state index in [4.69, 9.17) is 18.9 Å². The van der Waals surface area contributed by atoms with Crippen molar-refractivity contribution < 1.29 is 56.8 Å². The van der Waals surface area contributed by atoms with E-state index in [2.05, 4.69) is 32.1 Å². The summed E-state index contributed by atoms with van der Waals surface area (Å²) in [6.45, 7) is 3.45. The normalized spacial score (nSPS) is 22.2. The number of hydrogen-bond acceptors (Lipinski definition) is 11. The third-order valence-electron chi connectivity index (χ3n) is 7.90. The van der Waals surface area contributed by atoms with E-state index in [9.17, 15) is 37.9 Å². The van der Waals surface area contributed by atoms with Gasteiger partial charge in [0, 0.05) is 12.8 Å². The highest BCUT2D eigenvalue weighted by molar-refractivity contribution is 7.85. The summed E-state index contributed by atoms with van der Waals surface area (Å²) in [5, 5.41) is 30.7. The van der Waals surface area contributed by atoms with Gasteiger partial charge in [0.25, 0.3) is 10.1 Å². The Morgan fingerprint density at radius 1 is 0.673 bits per heavy atom. The molecule has 4 N–H and O–H groups in total. The zero-order valence-electron chi connectivity index (χ0n) is 30.9. The maximum Gasteiger partial charge on any atom is 0.306 e. The van der Waals surface area contributed by atoms with Crippen LogP contribution in [-0.4, -0.2) is 96.0 Å². The number of esters is 2. The molecule has 0 spiro atoms. The van der Waals surface area contributed by atoms with Gasteiger partial charge >= 0.3 is 11.9 Å². The molecule has 0 aromatic rings. The van der Waals surface area contributed by atoms with Crippen LogP contribution in [-0.2, 0) is 38.7 Å². The minimum absolute atomic E-state index is 0.0624. The van der Waals surface area contributed by atoms with E-state index in [-0.39, 0.29) is 19.4 Å². The molecule has 1 rings (SSSR count). The highest BCUT2D eigenvalue weighted by Gasteiger charge is 2.46. The zero-order chi connectivity index (χ0) is 38.5. The third-order valence-corrected chi connectivity index (χ3v) is 8.65. The molecule has 1 fully saturated rings. The first-order valence-electron chi connectivity index (χ1n) is 18.6. The fourth-order valence-electron chi connectivity index (χ4n) is 4.98. The van der Waals surface area contributed by atoms with Crippen LogP contribution in [0.25, 0.3) is 0 Å². The molecule has 1 aliphatic rings. The topological polar surface area (TPSA) is 186 Å². The zero-order valence-corrected chi connectivity index (χ0v) is 31.7. The molecule has 0 aliphatic carbocycles. The Hall–Kier alpha value is -2.91. The quantitative estimate of drug-likeness (QED) is 0.0241. The molecule has 0 saturated carbocycles. The first kappa shape index (κ1) is 47.1. The van der Waals surface area contributed by atoms with Crippen LogP contribution in [0.1, 0.15) is 104 Å². The number of ether oxygens (including phenoxy) is 4. The number of unbranched alkanes of at least 4 members (excludes halogenated alkanes) is 8. The third kappa shape index (κ3) is 24.4. The summed E-state index contributed by atoms with van der Waals surface area (Å²) >= 11 is 0. The number of aliphatic hydroxyl groups excluding tert-OH is 3. The molecular weight excluding hydrogens is 692 g/mol. The van der Waals surface area contributed by atoms with Gasteiger partial charge in [-0.1, -0.05) is 119 Å². The van der Waals surface area contributed by atoms with Crippen molar-refractivity contribution in [1.82, 2.24) is 0 Å². The second-order valence-corrected chi connectivity index (χ2v) is 14.1. The standard InChI is InChI=1S/C39H62O12S/c1-3-5-7-9-11-13-15-16-18-20-22-24-26-28-35(41)50-32(29-48-34(40)27-25-23-21-19-17-14-12-10-8-6-4-2)30-49-39-38(44)37(43)36(42)33(51-39)31-52(45,46)47/h5,7,9-13,15-16,18,20,22,32-33,36-39,42-44H,3-4,6,8,14,17,19,21,23-31H2,1-2H3,(H,45,46,47)/b7-5+,11-9+,12-10+,15-13+,18-16+,22-20+/t32?,33-,36-,37?,38?,39+/m1/s1. The highest BCUT2D eigenvalue weighted by Crippen LogP contribution is 2.23. The van der Waals surface area contributed by atoms with E-state index in [0.29, 0.717) is 19.3 Å². The van der Waals surface area contributed by atoms with E-state index in [1.54, 1.807) is 0 Å². The summed E-state index contributed by atoms with van der Waals surface area (Å²) in [6, 6.07) is 0. The number of hydrogen-bond donors (Lipinski definition) is 4. The molecule has 52 heavy (non-hydrogen) atoms. The maximum absolute atomic E-state index is 12.7. The van der Waals surface area contributed by atoms with E-state index in [1.807, 2.05) is 54.7 Å². The molecule has 13 heteroatoms. The van der Waals surface area contributed by atoms with E-state index < -0.39 is 71.2 Å². The van der Waals surface area contributed by atoms with Crippen molar-refractivity contribution >= 4 is 22.1 Å². The molecule has 0 bridgehead atoms. The molecule has 0 amide bonds. The van der Waals surface area contributed by atoms with Crippen molar-refractivity contribution in [2.45, 2.75) is 141 Å². The number of carbonyl (C=O) groups is 2. The van der Waals surface area contributed by atoms with Crippen LogP contribution < -0.4 is 0 Å². The Morgan fingerprint density at radius 2 is 1.25 bits per heavy atom. The lowest BCUT2D eigenvalue weighted by molar-refractivity contribution is -0.297. The van der Waals surface area contributed by atoms with Crippen molar-refractivity contribution in [3.05, 3.63) is 72.9 Å². The Bertz CT molecular complexity index is 1250. The lowest BCUT2D eigenvalue weighted by Gasteiger charge is -2.40. The predicted molar refractivity (Wildman–Crippen MR) is 201 cm³/mol. The number of carbonyl (C=O) groups excluding carboxylic acids is 2. The Morgan fingerprint density at radius 3 is 1.90 bits per heavy atom. The van der Waals surface area contributed by atoms with Gasteiger partial charge in [-0.05, 0) is 44.9 Å². The first-order chi connectivity index (χ1) is 25.0. The van der Waals surface area contributed by atoms with E-state index in [0.717, 1.165) is 44.9 Å². The van der Waals surface area contributed by atoms with Gasteiger partial charge in [0.05, 0.1) is 6.61 Å². The van der Waals surface area contributed by atoms with Crippen LogP contribution >= 0.6 is 0 Å². The Balaban J connectivity index is 2.63. The Labute approximate surface area is 310 Å². The van der Waals surface area contributed by atoms with E-state index in [1.165, 1.54) is 12.8 Å². The lowest BCUT2D eigenvalue weighted by Crippen LogP contribution is -2.60. The van der Waals surface area contributed by atoms with Crippen LogP contribution in [0.15, 0.2) is 72.9 Å². The molecule has 3 unspecified atom stereocenters. The highest BCUT2D eigenvalue weighted by atomic mass is 32.2. The average Bonchev–Trinajstić information content (AvgIpc) is 3.10. The van der Waals surface area contributed by atoms with Crippen LogP contribution in [0.5, 0.6) is 0 Å². The number of rotatable bonds is 28. The molecule has 0 aromatic heterocycles. The van der Waals surface area contributed by atoms with E-state index >= 15 is 0 Å². The van der Waals surface area contributed by atoms with Crippen LogP contribution in [0.2, 0.25) is 0 Å². The molecule has 1 aliphatic heterocycles. The van der Waals surface area contributed by atoms with Crippen LogP contribution in [0.3, 0.4) is 0 Å². The fraction of sp³-hybridized carbons (Fsp3) is 0.641. The Kier molecular flexibility index (Phi) is 26.8. The molecule has 296 valence electrons. The van der Waals surface area contributed by atoms with Crippen molar-refractivity contribution in [3.63, 3.8) is 0 Å². The summed E-state index contributed by atoms with van der Waals surface area (Å²) in [7, 11) is -4.61. The van der Waals surface area contributed by atoms with Crippen molar-refractivity contribution in [2.24, 2.45) is 0 Å². The molecule has 1 heterocycles. The molecule has 0 aromatic carbocycles. The van der Waals surface area contributed by atoms with Gasteiger partial charge < -0.3 is 34.3 Å². The largest absolute Gasteiger partial charge is 0.462 e. The second kappa shape index (κ2) is 29.5. The van der Waals surface area contributed by atoms with Gasteiger partial charge in [-0.2, -0.15) is 8.42 Å². The second-order valence-electron chi connectivity index (χ2n) is 12.6. The number of aliphatic hydroxyl groups is 3. The minimum atomic E-state index is -4.61. The summed E-state index contributed by atoms with van der Waals surface area (Å²) in [5.41, 5.74) is 0. The fourth-order valence-corrected chi connectivity index (χ4v) is 5.67. The van der Waals surface area contributed by atoms with Crippen molar-refractivity contribution in [2.75, 3.05) is 19.0 Å². The van der Waals surface area contributed by atoms with Gasteiger partial charge in [0.1, 0.15) is 36.8 Å². The molecule has 12 nitrogen and oxygen atoms in total. The van der Waals surface area contributed by atoms with Gasteiger partial charge in [0.15, 0.2) is 12.4 Å². The summed E-state index contributed by atoms with van der Waals surface area (Å²) < 4.78 is 53.6. The smallest absolute Gasteiger partial charge is 0.306 e. The monoisotopic (exact) mass is 754 g/mol. The van der Waals surface area contributed by atoms with Crippen molar-refractivity contribution in [1.29, 1.82) is 0 Å². The van der Waals surface area contributed by atoms with Crippen LogP contribution in [0.4, 0.5) is 0 Å². The minimum Gasteiger partial charge on any atom is -0.462 e. The average molecular weight is 755 g/mol. The van der Waals surface area contributed by atoms with Crippen LogP contribution in [0, 0.1) is 0 Å². The van der Waals surface area contributed by atoms with Gasteiger partial charge in [-0.25, -0.2) is 0 Å². The molecule has 6 atom stereocenters. The van der Waals surface area contributed by atoms with Gasteiger partial charge in [0.2, 0.25) is 0 Å². The van der Waals surface area contributed by atoms with Gasteiger partial charge in [-0.3, -0.25) is 14.1 Å². The SMILES string of the molecule is CC/C=C/C=C/C=C/C=C/C=C/CCCC(=O)OC(COC(=O)CCCCCCC/C=C/CCCC)CO[C@H]1O[C@H](CS(=O)(=O)O)[C@@H](O)C(O)C1O. The summed E-state index contributed by atoms with van der Waals surface area (Å²) in [4.78, 5) is 25.1. The van der Waals surface area contributed by atoms with Crippen molar-refractivity contribution in [3.8, 4) is 0 Å². The lowest BCUT2D eigenvalue weighted by atomic mass is 10.00. The predicted octanol–water partition coefficient (Wildman–Crippen LogP) is 5.99. The first-order valence-corrected chi connectivity index (χ1v) is 20.2. The molecular formula is C39H62O12S. The number of allylic oxidation sites excluding steroid dienone is 12. The van der Waals surface area contributed by atoms with Gasteiger partial charge in [-0.15, -0.1) is 0 Å². The molecule has 1 saturated heterocycles.